The fourth-order valence-corrected chi connectivity index (χ4v) is 3.06. The van der Waals surface area contributed by atoms with Crippen LogP contribution >= 0.6 is 35.4 Å². The predicted octanol–water partition coefficient (Wildman–Crippen LogP) is 5.73. The summed E-state index contributed by atoms with van der Waals surface area (Å²) in [4.78, 5) is 12.4. The fourth-order valence-electron chi connectivity index (χ4n) is 2.50. The Bertz CT molecular complexity index is 996. The van der Waals surface area contributed by atoms with Crippen LogP contribution in [0.25, 0.3) is 0 Å². The molecule has 7 heteroatoms. The molecule has 3 rings (SSSR count). The lowest BCUT2D eigenvalue weighted by atomic mass is 10.1. The molecular formula is C21H17Cl2N3OS. The minimum Gasteiger partial charge on any atom is -0.348 e. The molecule has 0 unspecified atom stereocenters. The summed E-state index contributed by atoms with van der Waals surface area (Å²) in [6.07, 6.45) is 0. The van der Waals surface area contributed by atoms with E-state index in [0.29, 0.717) is 38.6 Å². The van der Waals surface area contributed by atoms with Crippen LogP contribution < -0.4 is 16.0 Å². The normalized spacial score (nSPS) is 10.2. The van der Waals surface area contributed by atoms with E-state index in [9.17, 15) is 4.79 Å². The third-order valence-corrected chi connectivity index (χ3v) is 4.62. The number of hydrogen-bond acceptors (Lipinski definition) is 2. The Morgan fingerprint density at radius 3 is 2.46 bits per heavy atom. The summed E-state index contributed by atoms with van der Waals surface area (Å²) < 4.78 is 0. The highest BCUT2D eigenvalue weighted by atomic mass is 35.5. The Hall–Kier alpha value is -2.60. The minimum atomic E-state index is -0.163. The van der Waals surface area contributed by atoms with Crippen molar-refractivity contribution in [3.63, 3.8) is 0 Å². The van der Waals surface area contributed by atoms with Gasteiger partial charge in [0.15, 0.2) is 5.11 Å². The van der Waals surface area contributed by atoms with Gasteiger partial charge < -0.3 is 16.0 Å². The van der Waals surface area contributed by atoms with Crippen molar-refractivity contribution in [2.75, 3.05) is 10.6 Å². The van der Waals surface area contributed by atoms with Crippen LogP contribution in [0, 0.1) is 0 Å². The lowest BCUT2D eigenvalue weighted by Gasteiger charge is -2.13. The first-order valence-corrected chi connectivity index (χ1v) is 9.63. The summed E-state index contributed by atoms with van der Waals surface area (Å²) >= 11 is 17.4. The summed E-state index contributed by atoms with van der Waals surface area (Å²) in [6.45, 7) is 0.463. The number of amides is 1. The lowest BCUT2D eigenvalue weighted by molar-refractivity contribution is 0.0951. The average molecular weight is 430 g/mol. The number of thiocarbonyl (C=S) groups is 1. The molecule has 0 fully saturated rings. The van der Waals surface area contributed by atoms with E-state index >= 15 is 0 Å². The van der Waals surface area contributed by atoms with Crippen LogP contribution in [0.3, 0.4) is 0 Å². The van der Waals surface area contributed by atoms with Crippen molar-refractivity contribution in [1.82, 2.24) is 5.32 Å². The smallest absolute Gasteiger partial charge is 0.251 e. The van der Waals surface area contributed by atoms with Crippen molar-refractivity contribution in [2.24, 2.45) is 0 Å². The van der Waals surface area contributed by atoms with Gasteiger partial charge in [0.25, 0.3) is 5.91 Å². The summed E-state index contributed by atoms with van der Waals surface area (Å²) in [5.74, 6) is -0.163. The molecule has 1 amide bonds. The minimum absolute atomic E-state index is 0.163. The van der Waals surface area contributed by atoms with Crippen molar-refractivity contribution in [3.8, 4) is 0 Å². The molecule has 3 N–H and O–H groups in total. The summed E-state index contributed by atoms with van der Waals surface area (Å²) in [5, 5.41) is 10.3. The zero-order valence-electron chi connectivity index (χ0n) is 14.7. The number of carbonyl (C=O) groups is 1. The maximum Gasteiger partial charge on any atom is 0.251 e. The van der Waals surface area contributed by atoms with Crippen LogP contribution in [-0.2, 0) is 6.54 Å². The molecule has 0 spiro atoms. The van der Waals surface area contributed by atoms with Gasteiger partial charge in [-0.25, -0.2) is 0 Å². The van der Waals surface area contributed by atoms with Crippen LogP contribution in [-0.4, -0.2) is 11.0 Å². The molecule has 0 heterocycles. The summed E-state index contributed by atoms with van der Waals surface area (Å²) in [6, 6.07) is 21.9. The number of halogens is 2. The van der Waals surface area contributed by atoms with Gasteiger partial charge in [-0.1, -0.05) is 59.6 Å². The Kier molecular flexibility index (Phi) is 6.87. The molecule has 4 nitrogen and oxygen atoms in total. The molecule has 142 valence electrons. The van der Waals surface area contributed by atoms with Gasteiger partial charge in [-0.3, -0.25) is 4.79 Å². The van der Waals surface area contributed by atoms with Gasteiger partial charge in [0, 0.05) is 22.8 Å². The van der Waals surface area contributed by atoms with Crippen molar-refractivity contribution >= 4 is 57.8 Å². The van der Waals surface area contributed by atoms with E-state index in [2.05, 4.69) is 16.0 Å². The first-order chi connectivity index (χ1) is 13.5. The number of hydrogen-bond donors (Lipinski definition) is 3. The van der Waals surface area contributed by atoms with Gasteiger partial charge in [0.2, 0.25) is 0 Å². The van der Waals surface area contributed by atoms with E-state index in [0.717, 1.165) is 5.56 Å². The number of carbonyl (C=O) groups excluding carboxylic acids is 1. The number of anilines is 2. The van der Waals surface area contributed by atoms with Crippen molar-refractivity contribution in [3.05, 3.63) is 94.0 Å². The third kappa shape index (κ3) is 5.70. The molecule has 0 radical (unpaired) electrons. The topological polar surface area (TPSA) is 53.2 Å². The highest BCUT2D eigenvalue weighted by molar-refractivity contribution is 7.80. The van der Waals surface area contributed by atoms with E-state index in [4.69, 9.17) is 35.4 Å². The zero-order chi connectivity index (χ0) is 19.9. The van der Waals surface area contributed by atoms with Gasteiger partial charge in [0.05, 0.1) is 10.7 Å². The van der Waals surface area contributed by atoms with Gasteiger partial charge in [-0.05, 0) is 54.2 Å². The molecule has 28 heavy (non-hydrogen) atoms. The third-order valence-electron chi connectivity index (χ3n) is 3.86. The van der Waals surface area contributed by atoms with Crippen LogP contribution in [0.4, 0.5) is 11.4 Å². The fraction of sp³-hybridized carbons (Fsp3) is 0.0476. The van der Waals surface area contributed by atoms with Crippen LogP contribution in [0.15, 0.2) is 72.8 Å². The van der Waals surface area contributed by atoms with E-state index < -0.39 is 0 Å². The van der Waals surface area contributed by atoms with Crippen LogP contribution in [0.2, 0.25) is 10.0 Å². The van der Waals surface area contributed by atoms with Crippen molar-refractivity contribution in [2.45, 2.75) is 6.54 Å². The van der Waals surface area contributed by atoms with E-state index in [-0.39, 0.29) is 5.91 Å². The molecule has 0 saturated heterocycles. The molecule has 3 aromatic carbocycles. The quantitative estimate of drug-likeness (QED) is 0.453. The van der Waals surface area contributed by atoms with Gasteiger partial charge in [0.1, 0.15) is 0 Å². The average Bonchev–Trinajstić information content (AvgIpc) is 2.70. The first kappa shape index (κ1) is 20.1. The maximum absolute atomic E-state index is 12.4. The second-order valence-corrected chi connectivity index (χ2v) is 7.20. The van der Waals surface area contributed by atoms with Crippen LogP contribution in [0.5, 0.6) is 0 Å². The Labute approximate surface area is 178 Å². The van der Waals surface area contributed by atoms with Gasteiger partial charge in [-0.15, -0.1) is 0 Å². The molecule has 0 aromatic heterocycles. The number of nitrogens with one attached hydrogen (secondary N) is 3. The molecule has 3 aromatic rings. The monoisotopic (exact) mass is 429 g/mol. The highest BCUT2D eigenvalue weighted by Gasteiger charge is 2.08. The molecule has 0 aliphatic heterocycles. The first-order valence-electron chi connectivity index (χ1n) is 8.46. The van der Waals surface area contributed by atoms with Crippen LogP contribution in [0.1, 0.15) is 15.9 Å². The number of benzene rings is 3. The van der Waals surface area contributed by atoms with Crippen molar-refractivity contribution in [1.29, 1.82) is 0 Å². The second-order valence-electron chi connectivity index (χ2n) is 5.95. The standard InChI is InChI=1S/C21H17Cl2N3OS/c22-16-9-10-18(23)19(12-16)26-21(28)25-17-8-4-7-15(11-17)20(27)24-13-14-5-2-1-3-6-14/h1-12H,13H2,(H,24,27)(H2,25,26,28). The lowest BCUT2D eigenvalue weighted by Crippen LogP contribution is -2.23. The van der Waals surface area contributed by atoms with Gasteiger partial charge in [-0.2, -0.15) is 0 Å². The maximum atomic E-state index is 12.4. The van der Waals surface area contributed by atoms with Crippen molar-refractivity contribution < 1.29 is 4.79 Å². The second kappa shape index (κ2) is 9.55. The number of rotatable bonds is 5. The molecule has 0 saturated carbocycles. The van der Waals surface area contributed by atoms with E-state index in [1.54, 1.807) is 36.4 Å². The largest absolute Gasteiger partial charge is 0.348 e. The zero-order valence-corrected chi connectivity index (χ0v) is 17.0. The molecule has 0 aliphatic carbocycles. The Balaban J connectivity index is 1.61. The highest BCUT2D eigenvalue weighted by Crippen LogP contribution is 2.25. The molecule has 0 aliphatic rings. The van der Waals surface area contributed by atoms with E-state index in [1.165, 1.54) is 0 Å². The Morgan fingerprint density at radius 1 is 0.893 bits per heavy atom. The molecule has 0 atom stereocenters. The SMILES string of the molecule is O=C(NCc1ccccc1)c1cccc(NC(=S)Nc2cc(Cl)ccc2Cl)c1. The molecular weight excluding hydrogens is 413 g/mol. The van der Waals surface area contributed by atoms with E-state index in [1.807, 2.05) is 36.4 Å². The predicted molar refractivity (Wildman–Crippen MR) is 120 cm³/mol. The summed E-state index contributed by atoms with van der Waals surface area (Å²) in [7, 11) is 0. The van der Waals surface area contributed by atoms with Gasteiger partial charge >= 0.3 is 0 Å². The Morgan fingerprint density at radius 2 is 1.68 bits per heavy atom. The molecule has 0 bridgehead atoms. The summed E-state index contributed by atoms with van der Waals surface area (Å²) in [5.41, 5.74) is 2.85.